The van der Waals surface area contributed by atoms with Gasteiger partial charge in [0.05, 0.1) is 25.4 Å². The van der Waals surface area contributed by atoms with Gasteiger partial charge in [-0.15, -0.1) is 0 Å². The molecule has 0 bridgehead atoms. The summed E-state index contributed by atoms with van der Waals surface area (Å²) in [5, 5.41) is 23.2. The number of carbonyl (C=O) groups excluding carboxylic acids is 2. The number of esters is 1. The summed E-state index contributed by atoms with van der Waals surface area (Å²) in [7, 11) is 0. The van der Waals surface area contributed by atoms with Crippen molar-refractivity contribution >= 4 is 11.9 Å². The minimum atomic E-state index is -0.850. The van der Waals surface area contributed by atoms with Gasteiger partial charge in [0.25, 0.3) is 0 Å². The quantitative estimate of drug-likeness (QED) is 0.0320. The summed E-state index contributed by atoms with van der Waals surface area (Å²) in [6.45, 7) is 4.81. The lowest BCUT2D eigenvalue weighted by molar-refractivity contribution is -0.143. The third kappa shape index (κ3) is 61.0. The second kappa shape index (κ2) is 65.3. The molecule has 0 rings (SSSR count). The van der Waals surface area contributed by atoms with Gasteiger partial charge in [0.2, 0.25) is 5.91 Å². The molecule has 0 saturated heterocycles. The van der Waals surface area contributed by atoms with E-state index in [0.717, 1.165) is 51.4 Å². The number of aliphatic hydroxyl groups excluding tert-OH is 2. The Morgan fingerprint density at radius 2 is 0.658 bits per heavy atom. The average molecular weight is 1070 g/mol. The van der Waals surface area contributed by atoms with Crippen LogP contribution in [0.25, 0.3) is 0 Å². The Kier molecular flexibility index (Phi) is 63.5. The lowest BCUT2D eigenvalue weighted by Crippen LogP contribution is -2.45. The topological polar surface area (TPSA) is 95.9 Å². The molecule has 0 aromatic carbocycles. The van der Waals surface area contributed by atoms with Gasteiger partial charge in [-0.3, -0.25) is 9.59 Å². The summed E-state index contributed by atoms with van der Waals surface area (Å²) in [5.41, 5.74) is 0. The first-order chi connectivity index (χ1) is 37.5. The van der Waals surface area contributed by atoms with Crippen molar-refractivity contribution in [2.24, 2.45) is 0 Å². The third-order valence-corrected chi connectivity index (χ3v) is 15.6. The summed E-state index contributed by atoms with van der Waals surface area (Å²) in [4.78, 5) is 24.6. The van der Waals surface area contributed by atoms with Crippen LogP contribution in [0, 0.1) is 0 Å². The molecule has 446 valence electrons. The molecule has 1 amide bonds. The fourth-order valence-corrected chi connectivity index (χ4v) is 10.4. The van der Waals surface area contributed by atoms with Crippen molar-refractivity contribution in [3.63, 3.8) is 0 Å². The number of rotatable bonds is 63. The van der Waals surface area contributed by atoms with Crippen LogP contribution in [-0.4, -0.2) is 47.4 Å². The number of hydrogen-bond acceptors (Lipinski definition) is 5. The summed E-state index contributed by atoms with van der Waals surface area (Å²) >= 11 is 0. The molecule has 0 spiro atoms. The molecular formula is C70H131NO5. The third-order valence-electron chi connectivity index (χ3n) is 15.6. The molecule has 0 heterocycles. The molecule has 0 saturated carbocycles. The molecule has 0 radical (unpaired) electrons. The first-order valence-electron chi connectivity index (χ1n) is 33.9. The highest BCUT2D eigenvalue weighted by atomic mass is 16.5. The minimum absolute atomic E-state index is 0.0430. The molecule has 0 aliphatic heterocycles. The number of amides is 1. The Morgan fingerprint density at radius 3 is 1.01 bits per heavy atom. The Labute approximate surface area is 474 Å². The zero-order valence-electron chi connectivity index (χ0n) is 51.0. The molecule has 0 aliphatic carbocycles. The predicted octanol–water partition coefficient (Wildman–Crippen LogP) is 21.7. The lowest BCUT2D eigenvalue weighted by atomic mass is 10.0. The summed E-state index contributed by atoms with van der Waals surface area (Å²) in [5.74, 6) is -0.113. The van der Waals surface area contributed by atoms with E-state index in [0.29, 0.717) is 19.4 Å². The fraction of sp³-hybridized carbons (Fsp3) is 0.857. The van der Waals surface area contributed by atoms with Crippen molar-refractivity contribution in [2.75, 3.05) is 13.2 Å². The first-order valence-corrected chi connectivity index (χ1v) is 33.9. The lowest BCUT2D eigenvalue weighted by Gasteiger charge is -2.20. The van der Waals surface area contributed by atoms with Crippen LogP contribution in [-0.2, 0) is 14.3 Å². The van der Waals surface area contributed by atoms with E-state index < -0.39 is 12.1 Å². The predicted molar refractivity (Wildman–Crippen MR) is 333 cm³/mol. The van der Waals surface area contributed by atoms with E-state index in [9.17, 15) is 19.8 Å². The number of unbranched alkanes of at least 4 members (excludes halogenated alkanes) is 46. The van der Waals surface area contributed by atoms with E-state index in [1.54, 1.807) is 6.08 Å². The zero-order chi connectivity index (χ0) is 55.0. The molecular weight excluding hydrogens is 935 g/mol. The monoisotopic (exact) mass is 1070 g/mol. The highest BCUT2D eigenvalue weighted by Gasteiger charge is 2.18. The molecule has 6 nitrogen and oxygen atoms in total. The molecule has 0 fully saturated rings. The van der Waals surface area contributed by atoms with Crippen LogP contribution in [0.3, 0.4) is 0 Å². The average Bonchev–Trinajstić information content (AvgIpc) is 3.42. The SMILES string of the molecule is CCCCCCCCC/C=C\CCCCCCCC(=O)OCC/C=C\C/C=C\CCCCCCCCCCCCCCCCC(=O)NC(CO)C(O)/C=C/CCCCCCCCCCCCCCCCCCCCCC. The Morgan fingerprint density at radius 1 is 0.368 bits per heavy atom. The van der Waals surface area contributed by atoms with Crippen molar-refractivity contribution < 1.29 is 24.5 Å². The van der Waals surface area contributed by atoms with Crippen LogP contribution in [0.15, 0.2) is 48.6 Å². The zero-order valence-corrected chi connectivity index (χ0v) is 51.0. The second-order valence-electron chi connectivity index (χ2n) is 23.1. The number of allylic oxidation sites excluding steroid dienone is 6. The normalized spacial score (nSPS) is 12.8. The molecule has 0 aromatic rings. The molecule has 2 atom stereocenters. The Bertz CT molecular complexity index is 1270. The molecule has 0 aromatic heterocycles. The van der Waals surface area contributed by atoms with Crippen molar-refractivity contribution in [3.8, 4) is 0 Å². The largest absolute Gasteiger partial charge is 0.465 e. The van der Waals surface area contributed by atoms with E-state index >= 15 is 0 Å². The Balaban J connectivity index is 3.48. The standard InChI is InChI=1S/C70H131NO5/c1-3-5-7-9-11-13-15-17-19-21-22-23-25-28-31-34-38-42-46-50-54-58-62-68(73)67(66-72)71-69(74)63-59-55-51-47-43-39-35-32-29-26-24-27-30-33-37-41-45-49-53-57-61-65-76-70(75)64-60-56-52-48-44-40-36-20-18-16-14-12-10-8-6-4-2/h20,36,41,45,53,57-58,62,67-68,72-73H,3-19,21-35,37-40,42-44,46-52,54-56,59-61,63-66H2,1-2H3,(H,71,74)/b36-20-,45-41-,57-53-,62-58+. The summed E-state index contributed by atoms with van der Waals surface area (Å²) in [6.07, 6.45) is 84.7. The van der Waals surface area contributed by atoms with E-state index in [-0.39, 0.29) is 18.5 Å². The van der Waals surface area contributed by atoms with Gasteiger partial charge in [-0.2, -0.15) is 0 Å². The van der Waals surface area contributed by atoms with E-state index in [4.69, 9.17) is 4.74 Å². The molecule has 0 aliphatic rings. The van der Waals surface area contributed by atoms with Gasteiger partial charge in [-0.05, 0) is 77.0 Å². The van der Waals surface area contributed by atoms with Crippen molar-refractivity contribution in [3.05, 3.63) is 48.6 Å². The van der Waals surface area contributed by atoms with Crippen molar-refractivity contribution in [2.45, 2.75) is 373 Å². The smallest absolute Gasteiger partial charge is 0.305 e. The maximum atomic E-state index is 12.5. The number of aliphatic hydroxyl groups is 2. The van der Waals surface area contributed by atoms with Crippen LogP contribution in [0.1, 0.15) is 361 Å². The van der Waals surface area contributed by atoms with Crippen LogP contribution in [0.4, 0.5) is 0 Å². The van der Waals surface area contributed by atoms with Gasteiger partial charge in [0.1, 0.15) is 0 Å². The maximum absolute atomic E-state index is 12.5. The highest BCUT2D eigenvalue weighted by Crippen LogP contribution is 2.18. The van der Waals surface area contributed by atoms with E-state index in [2.05, 4.69) is 55.6 Å². The summed E-state index contributed by atoms with van der Waals surface area (Å²) in [6, 6.07) is -0.634. The number of carbonyl (C=O) groups is 2. The Hall–Kier alpha value is -2.18. The van der Waals surface area contributed by atoms with E-state index in [1.165, 1.54) is 283 Å². The maximum Gasteiger partial charge on any atom is 0.305 e. The number of hydrogen-bond donors (Lipinski definition) is 3. The molecule has 3 N–H and O–H groups in total. The summed E-state index contributed by atoms with van der Waals surface area (Å²) < 4.78 is 5.42. The second-order valence-corrected chi connectivity index (χ2v) is 23.1. The number of ether oxygens (including phenoxy) is 1. The van der Waals surface area contributed by atoms with E-state index in [1.807, 2.05) is 6.08 Å². The van der Waals surface area contributed by atoms with Gasteiger partial charge >= 0.3 is 5.97 Å². The van der Waals surface area contributed by atoms with Gasteiger partial charge in [-0.1, -0.05) is 319 Å². The highest BCUT2D eigenvalue weighted by molar-refractivity contribution is 5.76. The van der Waals surface area contributed by atoms with Gasteiger partial charge < -0.3 is 20.3 Å². The van der Waals surface area contributed by atoms with Crippen LogP contribution in [0.2, 0.25) is 0 Å². The molecule has 76 heavy (non-hydrogen) atoms. The van der Waals surface area contributed by atoms with Crippen LogP contribution < -0.4 is 5.32 Å². The van der Waals surface area contributed by atoms with Gasteiger partial charge in [0, 0.05) is 12.8 Å². The van der Waals surface area contributed by atoms with Crippen LogP contribution in [0.5, 0.6) is 0 Å². The van der Waals surface area contributed by atoms with Crippen molar-refractivity contribution in [1.82, 2.24) is 5.32 Å². The van der Waals surface area contributed by atoms with Gasteiger partial charge in [-0.25, -0.2) is 0 Å². The fourth-order valence-electron chi connectivity index (χ4n) is 10.4. The molecule has 2 unspecified atom stereocenters. The first kappa shape index (κ1) is 73.8. The molecule has 6 heteroatoms. The van der Waals surface area contributed by atoms with Crippen molar-refractivity contribution in [1.29, 1.82) is 0 Å². The number of nitrogens with one attached hydrogen (secondary N) is 1. The van der Waals surface area contributed by atoms with Crippen LogP contribution >= 0.6 is 0 Å². The van der Waals surface area contributed by atoms with Gasteiger partial charge in [0.15, 0.2) is 0 Å². The minimum Gasteiger partial charge on any atom is -0.465 e.